The Hall–Kier alpha value is -0.900. The van der Waals surface area contributed by atoms with Crippen LogP contribution in [0.5, 0.6) is 5.75 Å². The average Bonchev–Trinajstić information content (AvgIpc) is 2.87. The SMILES string of the molecule is CSc1cc(OC2CC2)cc(N)n1. The Morgan fingerprint density at radius 1 is 1.54 bits per heavy atom. The Morgan fingerprint density at radius 2 is 2.31 bits per heavy atom. The fourth-order valence-electron chi connectivity index (χ4n) is 1.05. The first kappa shape index (κ1) is 8.69. The highest BCUT2D eigenvalue weighted by Gasteiger charge is 2.23. The van der Waals surface area contributed by atoms with Crippen molar-refractivity contribution < 1.29 is 4.74 Å². The maximum absolute atomic E-state index is 5.63. The third kappa shape index (κ3) is 2.28. The van der Waals surface area contributed by atoms with Gasteiger partial charge in [-0.25, -0.2) is 4.98 Å². The van der Waals surface area contributed by atoms with Crippen LogP contribution >= 0.6 is 11.8 Å². The summed E-state index contributed by atoms with van der Waals surface area (Å²) in [5.41, 5.74) is 5.63. The molecule has 0 aliphatic heterocycles. The number of aromatic nitrogens is 1. The standard InChI is InChI=1S/C9H12N2OS/c1-13-9-5-7(4-8(10)11-9)12-6-2-3-6/h4-6H,2-3H2,1H3,(H2,10,11). The summed E-state index contributed by atoms with van der Waals surface area (Å²) in [5, 5.41) is 0.913. The summed E-state index contributed by atoms with van der Waals surface area (Å²) in [6.45, 7) is 0. The number of hydrogen-bond acceptors (Lipinski definition) is 4. The minimum absolute atomic E-state index is 0.413. The molecule has 70 valence electrons. The molecule has 1 fully saturated rings. The molecule has 1 saturated carbocycles. The van der Waals surface area contributed by atoms with E-state index in [0.717, 1.165) is 23.6 Å². The zero-order chi connectivity index (χ0) is 9.26. The van der Waals surface area contributed by atoms with Gasteiger partial charge >= 0.3 is 0 Å². The lowest BCUT2D eigenvalue weighted by atomic mass is 10.4. The Labute approximate surface area is 81.7 Å². The van der Waals surface area contributed by atoms with Gasteiger partial charge in [0.15, 0.2) is 0 Å². The summed E-state index contributed by atoms with van der Waals surface area (Å²) in [5.74, 6) is 1.38. The van der Waals surface area contributed by atoms with E-state index in [1.165, 1.54) is 0 Å². The molecule has 2 rings (SSSR count). The van der Waals surface area contributed by atoms with Crippen molar-refractivity contribution in [3.05, 3.63) is 12.1 Å². The van der Waals surface area contributed by atoms with E-state index in [2.05, 4.69) is 4.98 Å². The van der Waals surface area contributed by atoms with E-state index in [9.17, 15) is 0 Å². The molecule has 4 heteroatoms. The van der Waals surface area contributed by atoms with Gasteiger partial charge in [-0.2, -0.15) is 0 Å². The number of pyridine rings is 1. The van der Waals surface area contributed by atoms with E-state index in [4.69, 9.17) is 10.5 Å². The molecular formula is C9H12N2OS. The maximum atomic E-state index is 5.63. The number of anilines is 1. The lowest BCUT2D eigenvalue weighted by molar-refractivity contribution is 0.302. The number of nitrogens with two attached hydrogens (primary N) is 1. The molecule has 0 saturated heterocycles. The van der Waals surface area contributed by atoms with Crippen LogP contribution < -0.4 is 10.5 Å². The Morgan fingerprint density at radius 3 is 2.92 bits per heavy atom. The fourth-order valence-corrected chi connectivity index (χ4v) is 1.48. The smallest absolute Gasteiger partial charge is 0.128 e. The van der Waals surface area contributed by atoms with Crippen LogP contribution in [0.2, 0.25) is 0 Å². The molecule has 0 aromatic carbocycles. The average molecular weight is 196 g/mol. The first-order chi connectivity index (χ1) is 6.28. The third-order valence-corrected chi connectivity index (χ3v) is 2.46. The van der Waals surface area contributed by atoms with E-state index in [-0.39, 0.29) is 0 Å². The van der Waals surface area contributed by atoms with Gasteiger partial charge in [0.2, 0.25) is 0 Å². The second-order valence-electron chi connectivity index (χ2n) is 3.09. The number of thioether (sulfide) groups is 1. The molecule has 3 nitrogen and oxygen atoms in total. The van der Waals surface area contributed by atoms with Gasteiger partial charge in [-0.3, -0.25) is 0 Å². The molecule has 0 unspecified atom stereocenters. The Kier molecular flexibility index (Phi) is 2.31. The van der Waals surface area contributed by atoms with Crippen molar-refractivity contribution in [1.29, 1.82) is 0 Å². The van der Waals surface area contributed by atoms with Crippen molar-refractivity contribution in [2.24, 2.45) is 0 Å². The first-order valence-corrected chi connectivity index (χ1v) is 5.48. The van der Waals surface area contributed by atoms with Crippen LogP contribution in [0.1, 0.15) is 12.8 Å². The summed E-state index contributed by atoms with van der Waals surface area (Å²) in [4.78, 5) is 4.14. The lowest BCUT2D eigenvalue weighted by Crippen LogP contribution is -1.98. The molecule has 0 spiro atoms. The molecule has 1 aromatic heterocycles. The van der Waals surface area contributed by atoms with Gasteiger partial charge in [0, 0.05) is 12.1 Å². The molecule has 0 bridgehead atoms. The van der Waals surface area contributed by atoms with Gasteiger partial charge in [0.25, 0.3) is 0 Å². The second-order valence-corrected chi connectivity index (χ2v) is 3.91. The highest BCUT2D eigenvalue weighted by molar-refractivity contribution is 7.98. The predicted molar refractivity (Wildman–Crippen MR) is 54.1 cm³/mol. The third-order valence-electron chi connectivity index (χ3n) is 1.83. The van der Waals surface area contributed by atoms with Gasteiger partial charge in [0.05, 0.1) is 6.10 Å². The minimum Gasteiger partial charge on any atom is -0.490 e. The fraction of sp³-hybridized carbons (Fsp3) is 0.444. The first-order valence-electron chi connectivity index (χ1n) is 4.26. The maximum Gasteiger partial charge on any atom is 0.128 e. The molecule has 1 aromatic rings. The van der Waals surface area contributed by atoms with E-state index < -0.39 is 0 Å². The minimum atomic E-state index is 0.413. The number of hydrogen-bond donors (Lipinski definition) is 1. The van der Waals surface area contributed by atoms with Gasteiger partial charge in [-0.1, -0.05) is 0 Å². The number of rotatable bonds is 3. The summed E-state index contributed by atoms with van der Waals surface area (Å²) in [6, 6.07) is 3.71. The molecule has 0 radical (unpaired) electrons. The molecule has 1 heterocycles. The van der Waals surface area contributed by atoms with Crippen molar-refractivity contribution in [3.8, 4) is 5.75 Å². The van der Waals surface area contributed by atoms with Gasteiger partial charge in [-0.05, 0) is 19.1 Å². The van der Waals surface area contributed by atoms with Crippen LogP contribution in [0.4, 0.5) is 5.82 Å². The lowest BCUT2D eigenvalue weighted by Gasteiger charge is -2.06. The van der Waals surface area contributed by atoms with Crippen molar-refractivity contribution in [2.75, 3.05) is 12.0 Å². The highest BCUT2D eigenvalue weighted by Crippen LogP contribution is 2.29. The van der Waals surface area contributed by atoms with Gasteiger partial charge < -0.3 is 10.5 Å². The van der Waals surface area contributed by atoms with E-state index in [1.807, 2.05) is 12.3 Å². The van der Waals surface area contributed by atoms with Crippen LogP contribution in [0.15, 0.2) is 17.2 Å². The molecular weight excluding hydrogens is 184 g/mol. The largest absolute Gasteiger partial charge is 0.490 e. The van der Waals surface area contributed by atoms with E-state index >= 15 is 0 Å². The number of nitrogen functional groups attached to an aromatic ring is 1. The van der Waals surface area contributed by atoms with Crippen LogP contribution in [-0.2, 0) is 0 Å². The van der Waals surface area contributed by atoms with E-state index in [1.54, 1.807) is 17.8 Å². The van der Waals surface area contributed by atoms with E-state index in [0.29, 0.717) is 11.9 Å². The van der Waals surface area contributed by atoms with Crippen molar-refractivity contribution in [2.45, 2.75) is 24.0 Å². The second kappa shape index (κ2) is 3.46. The molecule has 0 amide bonds. The quantitative estimate of drug-likeness (QED) is 0.750. The van der Waals surface area contributed by atoms with Gasteiger partial charge in [0.1, 0.15) is 16.6 Å². The summed E-state index contributed by atoms with van der Waals surface area (Å²) >= 11 is 1.57. The normalized spacial score (nSPS) is 15.8. The van der Waals surface area contributed by atoms with Crippen molar-refractivity contribution in [1.82, 2.24) is 4.98 Å². The molecule has 13 heavy (non-hydrogen) atoms. The summed E-state index contributed by atoms with van der Waals surface area (Å²) in [6.07, 6.45) is 4.72. The zero-order valence-corrected chi connectivity index (χ0v) is 8.30. The molecule has 1 aliphatic rings. The van der Waals surface area contributed by atoms with Crippen LogP contribution in [-0.4, -0.2) is 17.3 Å². The monoisotopic (exact) mass is 196 g/mol. The Balaban J connectivity index is 2.17. The number of nitrogens with zero attached hydrogens (tertiary/aromatic N) is 1. The zero-order valence-electron chi connectivity index (χ0n) is 7.49. The predicted octanol–water partition coefficient (Wildman–Crippen LogP) is 1.93. The van der Waals surface area contributed by atoms with Gasteiger partial charge in [-0.15, -0.1) is 11.8 Å². The molecule has 1 aliphatic carbocycles. The topological polar surface area (TPSA) is 48.1 Å². The Bertz CT molecular complexity index is 312. The number of ether oxygens (including phenoxy) is 1. The van der Waals surface area contributed by atoms with Crippen LogP contribution in [0.25, 0.3) is 0 Å². The van der Waals surface area contributed by atoms with Crippen molar-refractivity contribution >= 4 is 17.6 Å². The van der Waals surface area contributed by atoms with Crippen molar-refractivity contribution in [3.63, 3.8) is 0 Å². The summed E-state index contributed by atoms with van der Waals surface area (Å²) < 4.78 is 5.62. The van der Waals surface area contributed by atoms with Crippen LogP contribution in [0.3, 0.4) is 0 Å². The highest BCUT2D eigenvalue weighted by atomic mass is 32.2. The van der Waals surface area contributed by atoms with Crippen LogP contribution in [0, 0.1) is 0 Å². The molecule has 0 atom stereocenters. The molecule has 2 N–H and O–H groups in total. The summed E-state index contributed by atoms with van der Waals surface area (Å²) in [7, 11) is 0.